The van der Waals surface area contributed by atoms with Crippen LogP contribution >= 0.6 is 12.6 Å². The molecule has 0 saturated heterocycles. The molecule has 1 heterocycles. The zero-order valence-corrected chi connectivity index (χ0v) is 51.1. The molecule has 28 nitrogen and oxygen atoms in total. The lowest BCUT2D eigenvalue weighted by molar-refractivity contribution is -0.142. The Morgan fingerprint density at radius 2 is 0.857 bits per heavy atom. The summed E-state index contributed by atoms with van der Waals surface area (Å²) in [5, 5.41) is 64.3. The summed E-state index contributed by atoms with van der Waals surface area (Å²) in [6.07, 6.45) is -2.45. The van der Waals surface area contributed by atoms with Gasteiger partial charge in [0.2, 0.25) is 59.1 Å². The number of aromatic amines is 1. The number of amides is 10. The number of para-hydroxylation sites is 1. The summed E-state index contributed by atoms with van der Waals surface area (Å²) in [7, 11) is 0. The number of carbonyl (C=O) groups is 11. The molecule has 490 valence electrons. The van der Waals surface area contributed by atoms with Crippen LogP contribution in [0.15, 0.2) is 121 Å². The van der Waals surface area contributed by atoms with E-state index in [1.54, 1.807) is 121 Å². The van der Waals surface area contributed by atoms with Crippen molar-refractivity contribution in [3.05, 3.63) is 144 Å². The third-order valence-electron chi connectivity index (χ3n) is 14.6. The van der Waals surface area contributed by atoms with Gasteiger partial charge in [-0.25, -0.2) is 4.79 Å². The summed E-state index contributed by atoms with van der Waals surface area (Å²) in [5.74, 6) is -11.7. The second-order valence-corrected chi connectivity index (χ2v) is 22.1. The quantitative estimate of drug-likeness (QED) is 0.0138. The van der Waals surface area contributed by atoms with Crippen LogP contribution in [0.25, 0.3) is 10.9 Å². The first-order valence-electron chi connectivity index (χ1n) is 29.4. The molecule has 0 aliphatic heterocycles. The molecule has 5 rings (SSSR count). The molecular formula is C62H81N13O15S. The first-order valence-corrected chi connectivity index (χ1v) is 30.0. The van der Waals surface area contributed by atoms with E-state index in [-0.39, 0.29) is 50.8 Å². The number of thiol groups is 1. The second kappa shape index (κ2) is 36.4. The van der Waals surface area contributed by atoms with Crippen molar-refractivity contribution < 1.29 is 73.2 Å². The summed E-state index contributed by atoms with van der Waals surface area (Å²) < 4.78 is 0. The number of nitrogens with one attached hydrogen (secondary N) is 10. The van der Waals surface area contributed by atoms with E-state index >= 15 is 0 Å². The third-order valence-corrected chi connectivity index (χ3v) is 14.9. The van der Waals surface area contributed by atoms with Gasteiger partial charge in [-0.05, 0) is 68.0 Å². The number of aliphatic hydroxyl groups is 3. The number of H-pyrrole nitrogens is 1. The van der Waals surface area contributed by atoms with Gasteiger partial charge in [-0.3, -0.25) is 47.9 Å². The largest absolute Gasteiger partial charge is 0.480 e. The maximum atomic E-state index is 15.0. The molecule has 0 bridgehead atoms. The number of carbonyl (C=O) groups excluding carboxylic acids is 10. The second-order valence-electron chi connectivity index (χ2n) is 21.8. The van der Waals surface area contributed by atoms with Gasteiger partial charge in [-0.1, -0.05) is 109 Å². The molecule has 0 unspecified atom stereocenters. The van der Waals surface area contributed by atoms with Crippen LogP contribution in [0.5, 0.6) is 0 Å². The van der Waals surface area contributed by atoms with Crippen LogP contribution in [0.2, 0.25) is 0 Å². The van der Waals surface area contributed by atoms with Gasteiger partial charge in [0.05, 0.1) is 31.3 Å². The molecule has 0 aliphatic carbocycles. The summed E-state index contributed by atoms with van der Waals surface area (Å²) in [6.45, 7) is 1.43. The summed E-state index contributed by atoms with van der Waals surface area (Å²) in [6, 6.07) is 16.7. The van der Waals surface area contributed by atoms with Gasteiger partial charge in [-0.2, -0.15) is 12.6 Å². The van der Waals surface area contributed by atoms with E-state index in [9.17, 15) is 73.2 Å². The van der Waals surface area contributed by atoms with Crippen LogP contribution in [0.1, 0.15) is 61.8 Å². The van der Waals surface area contributed by atoms with Crippen molar-refractivity contribution >= 4 is 88.6 Å². The molecule has 0 fully saturated rings. The number of hydrogen-bond donors (Lipinski definition) is 18. The molecule has 0 saturated carbocycles. The number of fused-ring (bicyclic) bond motifs is 1. The maximum Gasteiger partial charge on any atom is 0.327 e. The maximum absolute atomic E-state index is 15.0. The number of hydrogen-bond acceptors (Lipinski definition) is 17. The van der Waals surface area contributed by atoms with Crippen molar-refractivity contribution in [2.45, 2.75) is 138 Å². The molecule has 29 heteroatoms. The highest BCUT2D eigenvalue weighted by Crippen LogP contribution is 2.20. The van der Waals surface area contributed by atoms with E-state index in [2.05, 4.69) is 65.5 Å². The van der Waals surface area contributed by atoms with Crippen LogP contribution in [0.3, 0.4) is 0 Å². The number of primary amides is 1. The highest BCUT2D eigenvalue weighted by molar-refractivity contribution is 7.80. The van der Waals surface area contributed by atoms with Crippen LogP contribution in [0.4, 0.5) is 0 Å². The number of carboxylic acids is 1. The molecule has 10 amide bonds. The number of rotatable bonds is 37. The van der Waals surface area contributed by atoms with Crippen molar-refractivity contribution in [3.8, 4) is 0 Å². The van der Waals surface area contributed by atoms with Crippen molar-refractivity contribution in [3.63, 3.8) is 0 Å². The molecule has 91 heavy (non-hydrogen) atoms. The number of aliphatic carboxylic acids is 1. The fourth-order valence-corrected chi connectivity index (χ4v) is 9.81. The average molecular weight is 1280 g/mol. The Kier molecular flexibility index (Phi) is 29.0. The number of carboxylic acid groups (broad SMARTS) is 1. The third kappa shape index (κ3) is 22.9. The van der Waals surface area contributed by atoms with Crippen LogP contribution in [-0.2, 0) is 78.4 Å². The lowest BCUT2D eigenvalue weighted by atomic mass is 10.00. The van der Waals surface area contributed by atoms with Crippen molar-refractivity contribution in [1.29, 1.82) is 0 Å². The molecule has 5 aromatic rings. The Bertz CT molecular complexity index is 3270. The van der Waals surface area contributed by atoms with E-state index in [0.717, 1.165) is 6.92 Å². The highest BCUT2D eigenvalue weighted by Gasteiger charge is 2.38. The molecular weight excluding hydrogens is 1200 g/mol. The van der Waals surface area contributed by atoms with Crippen molar-refractivity contribution in [1.82, 2.24) is 52.8 Å². The van der Waals surface area contributed by atoms with Gasteiger partial charge in [-0.15, -0.1) is 0 Å². The van der Waals surface area contributed by atoms with Crippen LogP contribution in [-0.4, -0.2) is 182 Å². The summed E-state index contributed by atoms with van der Waals surface area (Å²) >= 11 is 3.89. The summed E-state index contributed by atoms with van der Waals surface area (Å²) in [5.41, 5.74) is 20.0. The summed E-state index contributed by atoms with van der Waals surface area (Å²) in [4.78, 5) is 154. The molecule has 0 radical (unpaired) electrons. The van der Waals surface area contributed by atoms with Gasteiger partial charge in [0.15, 0.2) is 0 Å². The Balaban J connectivity index is 1.44. The van der Waals surface area contributed by atoms with Crippen LogP contribution in [0, 0.1) is 0 Å². The Morgan fingerprint density at radius 3 is 1.29 bits per heavy atom. The number of benzene rings is 4. The fourth-order valence-electron chi connectivity index (χ4n) is 9.57. The Morgan fingerprint density at radius 1 is 0.484 bits per heavy atom. The fraction of sp³-hybridized carbons (Fsp3) is 0.403. The van der Waals surface area contributed by atoms with Crippen molar-refractivity contribution in [2.75, 3.05) is 18.9 Å². The van der Waals surface area contributed by atoms with Gasteiger partial charge < -0.3 is 90.5 Å². The van der Waals surface area contributed by atoms with E-state index < -0.39 is 151 Å². The molecule has 20 N–H and O–H groups in total. The first-order chi connectivity index (χ1) is 43.4. The smallest absolute Gasteiger partial charge is 0.327 e. The van der Waals surface area contributed by atoms with E-state index in [1.165, 1.54) is 6.92 Å². The van der Waals surface area contributed by atoms with Crippen LogP contribution < -0.4 is 65.1 Å². The minimum Gasteiger partial charge on any atom is -0.480 e. The number of aliphatic hydroxyl groups excluding tert-OH is 3. The minimum absolute atomic E-state index is 0.0819. The standard InChI is InChI=1S/C62H81N13O15S/c1-34(77)51(60(87)71-46(28-38-20-10-5-11-21-38)58(85)75-52(35(2)78)61(88)72-48(32-76)59(86)73-49(33-91)62(89)90)74-54(81)43(24-14-15-25-63)67-57(84)47(29-39-31-66-42-23-13-12-22-40(39)42)70-56(83)45(27-37-18-8-4-9-19-37)69-55(82)44(26-36-16-6-3-7-17-36)68-53(80)41(64)30-50(65)79/h3-13,16-23,31,34-35,41,43-49,51-52,66,76-78,91H,14-15,24-30,32-33,63-64H2,1-2H3,(H2,65,79)(H,67,84)(H,68,80)(H,69,82)(H,70,83)(H,71,87)(H,72,88)(H,73,86)(H,74,81)(H,75,85)(H,89,90)/t34-,35-,41+,43+,44+,45+,46+,47+,48+,49+,51+,52+/m1/s1. The van der Waals surface area contributed by atoms with Crippen molar-refractivity contribution in [2.24, 2.45) is 17.2 Å². The van der Waals surface area contributed by atoms with E-state index in [4.69, 9.17) is 17.2 Å². The zero-order valence-electron chi connectivity index (χ0n) is 50.2. The van der Waals surface area contributed by atoms with Gasteiger partial charge in [0.25, 0.3) is 0 Å². The highest BCUT2D eigenvalue weighted by atomic mass is 32.1. The topological polar surface area (TPSA) is 471 Å². The minimum atomic E-state index is -1.86. The van der Waals surface area contributed by atoms with Gasteiger partial charge in [0.1, 0.15) is 54.4 Å². The zero-order chi connectivity index (χ0) is 66.7. The predicted octanol–water partition coefficient (Wildman–Crippen LogP) is -3.10. The molecule has 1 aromatic heterocycles. The molecule has 0 aliphatic rings. The predicted molar refractivity (Wildman–Crippen MR) is 336 cm³/mol. The van der Waals surface area contributed by atoms with Gasteiger partial charge in [0, 0.05) is 48.5 Å². The number of unbranched alkanes of at least 4 members (excludes halogenated alkanes) is 1. The number of aromatic nitrogens is 1. The SMILES string of the molecule is C[C@@H](O)[C@H](NC(=O)[C@H](Cc1ccccc1)NC(=O)[C@@H](NC(=O)[C@H](CCCCN)NC(=O)[C@H](Cc1c[nH]c2ccccc12)NC(=O)[C@H](Cc1ccccc1)NC(=O)[C@H](Cc1ccccc1)NC(=O)[C@@H](N)CC(N)=O)[C@@H](C)O)C(=O)N[C@@H](CO)C(=O)N[C@@H](CS)C(=O)O. The Hall–Kier alpha value is -9.26. The average Bonchev–Trinajstić information content (AvgIpc) is 2.05. The first kappa shape index (κ1) is 72.5. The molecule has 4 aromatic carbocycles. The molecule has 12 atom stereocenters. The lowest BCUT2D eigenvalue weighted by Gasteiger charge is -2.29. The van der Waals surface area contributed by atoms with Gasteiger partial charge >= 0.3 is 5.97 Å². The monoisotopic (exact) mass is 1280 g/mol. The molecule has 0 spiro atoms. The van der Waals surface area contributed by atoms with E-state index in [0.29, 0.717) is 39.6 Å². The lowest BCUT2D eigenvalue weighted by Crippen LogP contribution is -2.63. The van der Waals surface area contributed by atoms with E-state index in [1.807, 2.05) is 0 Å². The normalized spacial score (nSPS) is 15.1. The Labute approximate surface area is 530 Å². The number of nitrogens with two attached hydrogens (primary N) is 3.